The number of benzene rings is 2. The van der Waals surface area contributed by atoms with Crippen LogP contribution in [0.5, 0.6) is 0 Å². The number of carbonyl (C=O) groups is 3. The second-order valence-corrected chi connectivity index (χ2v) is 8.01. The number of piperidine rings is 1. The summed E-state index contributed by atoms with van der Waals surface area (Å²) in [6.07, 6.45) is 1.84. The first kappa shape index (κ1) is 23.8. The lowest BCUT2D eigenvalue weighted by molar-refractivity contribution is -0.384. The number of nitrogens with zero attached hydrogens (tertiary/aromatic N) is 2. The molecule has 0 aliphatic carbocycles. The molecule has 0 bridgehead atoms. The normalized spacial score (nSPS) is 14.0. The maximum Gasteiger partial charge on any atom is 0.338 e. The number of nitro benzene ring substituents is 1. The van der Waals surface area contributed by atoms with Crippen molar-refractivity contribution in [2.45, 2.75) is 26.7 Å². The number of halogens is 1. The van der Waals surface area contributed by atoms with Crippen molar-refractivity contribution in [3.05, 3.63) is 63.5 Å². The van der Waals surface area contributed by atoms with Gasteiger partial charge in [0.05, 0.1) is 16.1 Å². The van der Waals surface area contributed by atoms with Crippen molar-refractivity contribution in [3.63, 3.8) is 0 Å². The topological polar surface area (TPSA) is 119 Å². The number of ether oxygens (including phenoxy) is 1. The number of nitrogens with one attached hydrogen (secondary N) is 1. The molecule has 0 unspecified atom stereocenters. The van der Waals surface area contributed by atoms with Gasteiger partial charge in [-0.05, 0) is 49.1 Å². The van der Waals surface area contributed by atoms with Gasteiger partial charge in [0, 0.05) is 31.8 Å². The van der Waals surface area contributed by atoms with E-state index < -0.39 is 35.0 Å². The van der Waals surface area contributed by atoms with Gasteiger partial charge in [0.15, 0.2) is 6.61 Å². The Morgan fingerprint density at radius 1 is 1.18 bits per heavy atom. The standard InChI is InChI=1S/C23H24FN3O6/c1-14-7-9-26(10-8-14)20-6-3-16(11-21(20)27(31)32)23(30)33-13-22(29)18-5-4-17(12-19(18)24)25-15(2)28/h3-6,11-12,14H,7-10,13H2,1-2H3,(H,25,28). The van der Waals surface area contributed by atoms with Crippen LogP contribution < -0.4 is 10.2 Å². The van der Waals surface area contributed by atoms with Crippen molar-refractivity contribution >= 4 is 34.7 Å². The van der Waals surface area contributed by atoms with Crippen LogP contribution in [0.4, 0.5) is 21.5 Å². The van der Waals surface area contributed by atoms with Crippen LogP contribution >= 0.6 is 0 Å². The fourth-order valence-corrected chi connectivity index (χ4v) is 3.63. The predicted molar refractivity (Wildman–Crippen MR) is 119 cm³/mol. The van der Waals surface area contributed by atoms with E-state index >= 15 is 0 Å². The van der Waals surface area contributed by atoms with Crippen LogP contribution in [0.15, 0.2) is 36.4 Å². The summed E-state index contributed by atoms with van der Waals surface area (Å²) in [5, 5.41) is 14.0. The predicted octanol–water partition coefficient (Wildman–Crippen LogP) is 3.97. The summed E-state index contributed by atoms with van der Waals surface area (Å²) in [5.74, 6) is -2.43. The van der Waals surface area contributed by atoms with E-state index in [2.05, 4.69) is 12.2 Å². The van der Waals surface area contributed by atoms with Gasteiger partial charge in [-0.3, -0.25) is 19.7 Å². The molecule has 9 nitrogen and oxygen atoms in total. The van der Waals surface area contributed by atoms with Gasteiger partial charge in [-0.25, -0.2) is 9.18 Å². The number of amides is 1. The number of Topliss-reactive ketones (excluding diaryl/α,β-unsaturated/α-hetero) is 1. The van der Waals surface area contributed by atoms with Gasteiger partial charge in [-0.2, -0.15) is 0 Å². The monoisotopic (exact) mass is 457 g/mol. The third-order valence-corrected chi connectivity index (χ3v) is 5.46. The summed E-state index contributed by atoms with van der Waals surface area (Å²) < 4.78 is 19.2. The molecule has 1 heterocycles. The number of rotatable bonds is 7. The maximum atomic E-state index is 14.2. The lowest BCUT2D eigenvalue weighted by atomic mass is 9.98. The zero-order valence-electron chi connectivity index (χ0n) is 18.3. The Bertz CT molecular complexity index is 1100. The van der Waals surface area contributed by atoms with Crippen molar-refractivity contribution < 1.29 is 28.4 Å². The minimum absolute atomic E-state index is 0.0786. The number of hydrogen-bond donors (Lipinski definition) is 1. The summed E-state index contributed by atoms with van der Waals surface area (Å²) >= 11 is 0. The number of anilines is 2. The molecule has 1 fully saturated rings. The van der Waals surface area contributed by atoms with Gasteiger partial charge in [0.2, 0.25) is 11.7 Å². The molecule has 33 heavy (non-hydrogen) atoms. The smallest absolute Gasteiger partial charge is 0.338 e. The zero-order chi connectivity index (χ0) is 24.1. The largest absolute Gasteiger partial charge is 0.454 e. The second-order valence-electron chi connectivity index (χ2n) is 8.01. The van der Waals surface area contributed by atoms with Crippen LogP contribution in [0.2, 0.25) is 0 Å². The molecule has 1 amide bonds. The SMILES string of the molecule is CC(=O)Nc1ccc(C(=O)COC(=O)c2ccc(N3CCC(C)CC3)c([N+](=O)[O-])c2)c(F)c1. The molecular formula is C23H24FN3O6. The molecule has 10 heteroatoms. The van der Waals surface area contributed by atoms with E-state index in [-0.39, 0.29) is 22.5 Å². The average Bonchev–Trinajstić information content (AvgIpc) is 2.77. The maximum absolute atomic E-state index is 14.2. The molecule has 1 aliphatic rings. The first-order valence-electron chi connectivity index (χ1n) is 10.5. The molecule has 3 rings (SSSR count). The molecule has 0 atom stereocenters. The van der Waals surface area contributed by atoms with Gasteiger partial charge in [-0.1, -0.05) is 6.92 Å². The number of esters is 1. The van der Waals surface area contributed by atoms with Crippen LogP contribution in [0, 0.1) is 21.8 Å². The Kier molecular flexibility index (Phi) is 7.37. The number of hydrogen-bond acceptors (Lipinski definition) is 7. The molecule has 0 saturated carbocycles. The van der Waals surface area contributed by atoms with Crippen molar-refractivity contribution in [1.82, 2.24) is 0 Å². The molecule has 1 N–H and O–H groups in total. The van der Waals surface area contributed by atoms with Gasteiger partial charge in [-0.15, -0.1) is 0 Å². The van der Waals surface area contributed by atoms with E-state index in [9.17, 15) is 28.9 Å². The Balaban J connectivity index is 1.69. The molecule has 0 radical (unpaired) electrons. The molecule has 174 valence electrons. The molecule has 1 saturated heterocycles. The molecule has 2 aromatic rings. The highest BCUT2D eigenvalue weighted by molar-refractivity contribution is 6.00. The third kappa shape index (κ3) is 5.91. The summed E-state index contributed by atoms with van der Waals surface area (Å²) in [5.41, 5.74) is 0.0116. The van der Waals surface area contributed by atoms with E-state index in [1.165, 1.54) is 31.2 Å². The summed E-state index contributed by atoms with van der Waals surface area (Å²) in [6.45, 7) is 4.03. The lowest BCUT2D eigenvalue weighted by Crippen LogP contribution is -2.33. The lowest BCUT2D eigenvalue weighted by Gasteiger charge is -2.31. The van der Waals surface area contributed by atoms with Crippen LogP contribution in [-0.2, 0) is 9.53 Å². The second kappa shape index (κ2) is 10.2. The van der Waals surface area contributed by atoms with Crippen molar-refractivity contribution in [2.75, 3.05) is 29.9 Å². The van der Waals surface area contributed by atoms with Gasteiger partial charge in [0.1, 0.15) is 11.5 Å². The van der Waals surface area contributed by atoms with Crippen molar-refractivity contribution in [3.8, 4) is 0 Å². The molecule has 0 aromatic heterocycles. The fourth-order valence-electron chi connectivity index (χ4n) is 3.63. The van der Waals surface area contributed by atoms with Crippen LogP contribution in [0.1, 0.15) is 47.4 Å². The minimum Gasteiger partial charge on any atom is -0.454 e. The van der Waals surface area contributed by atoms with E-state index in [1.807, 2.05) is 4.90 Å². The number of carbonyl (C=O) groups excluding carboxylic acids is 3. The number of nitro groups is 1. The summed E-state index contributed by atoms with van der Waals surface area (Å²) in [6, 6.07) is 7.56. The van der Waals surface area contributed by atoms with E-state index in [0.29, 0.717) is 24.7 Å². The molecular weight excluding hydrogens is 433 g/mol. The minimum atomic E-state index is -0.930. The summed E-state index contributed by atoms with van der Waals surface area (Å²) in [4.78, 5) is 48.7. The highest BCUT2D eigenvalue weighted by Crippen LogP contribution is 2.32. The molecule has 2 aromatic carbocycles. The highest BCUT2D eigenvalue weighted by Gasteiger charge is 2.25. The Morgan fingerprint density at radius 2 is 1.88 bits per heavy atom. The Labute approximate surface area is 189 Å². The van der Waals surface area contributed by atoms with E-state index in [0.717, 1.165) is 25.0 Å². The quantitative estimate of drug-likeness (QED) is 0.289. The van der Waals surface area contributed by atoms with E-state index in [1.54, 1.807) is 0 Å². The van der Waals surface area contributed by atoms with Crippen LogP contribution in [0.3, 0.4) is 0 Å². The van der Waals surface area contributed by atoms with Gasteiger partial charge < -0.3 is 15.0 Å². The van der Waals surface area contributed by atoms with Gasteiger partial charge >= 0.3 is 5.97 Å². The van der Waals surface area contributed by atoms with Crippen LogP contribution in [-0.4, -0.2) is 42.3 Å². The van der Waals surface area contributed by atoms with Crippen LogP contribution in [0.25, 0.3) is 0 Å². The van der Waals surface area contributed by atoms with Crippen molar-refractivity contribution in [1.29, 1.82) is 0 Å². The highest BCUT2D eigenvalue weighted by atomic mass is 19.1. The third-order valence-electron chi connectivity index (χ3n) is 5.46. The summed E-state index contributed by atoms with van der Waals surface area (Å²) in [7, 11) is 0. The van der Waals surface area contributed by atoms with Crippen molar-refractivity contribution in [2.24, 2.45) is 5.92 Å². The average molecular weight is 457 g/mol. The fraction of sp³-hybridized carbons (Fsp3) is 0.348. The van der Waals surface area contributed by atoms with E-state index in [4.69, 9.17) is 4.74 Å². The number of ketones is 1. The first-order valence-corrected chi connectivity index (χ1v) is 10.5. The Morgan fingerprint density at radius 3 is 2.48 bits per heavy atom. The van der Waals surface area contributed by atoms with Gasteiger partial charge in [0.25, 0.3) is 5.69 Å². The zero-order valence-corrected chi connectivity index (χ0v) is 18.3. The molecule has 1 aliphatic heterocycles. The Hall–Kier alpha value is -3.82. The molecule has 0 spiro atoms. The first-order chi connectivity index (χ1) is 15.7.